The monoisotopic (exact) mass is 266 g/mol. The number of hydrogen-bond acceptors (Lipinski definition) is 2. The molecule has 2 aromatic carbocycles. The number of piperazine rings is 1. The Morgan fingerprint density at radius 3 is 2.75 bits per heavy atom. The van der Waals surface area contributed by atoms with Crippen molar-refractivity contribution >= 4 is 5.69 Å². The number of benzene rings is 2. The molecule has 1 atom stereocenters. The third-order valence-corrected chi connectivity index (χ3v) is 4.06. The molecule has 1 heterocycles. The van der Waals surface area contributed by atoms with E-state index in [1.54, 1.807) is 0 Å². The Morgan fingerprint density at radius 1 is 1.10 bits per heavy atom. The maximum absolute atomic E-state index is 3.62. The SMILES string of the molecule is CCc1cccc(N2CCNC(c3ccccc3)C2)c1. The fourth-order valence-corrected chi connectivity index (χ4v) is 2.87. The second-order valence-corrected chi connectivity index (χ2v) is 5.39. The Labute approximate surface area is 121 Å². The lowest BCUT2D eigenvalue weighted by Crippen LogP contribution is -2.45. The number of aryl methyl sites for hydroxylation is 1. The summed E-state index contributed by atoms with van der Waals surface area (Å²) >= 11 is 0. The minimum atomic E-state index is 0.426. The highest BCUT2D eigenvalue weighted by atomic mass is 15.2. The van der Waals surface area contributed by atoms with Gasteiger partial charge in [-0.3, -0.25) is 0 Å². The van der Waals surface area contributed by atoms with E-state index in [0.717, 1.165) is 26.1 Å². The molecule has 2 heteroatoms. The van der Waals surface area contributed by atoms with Crippen molar-refractivity contribution in [1.29, 1.82) is 0 Å². The molecule has 1 saturated heterocycles. The molecule has 1 aliphatic heterocycles. The van der Waals surface area contributed by atoms with Crippen LogP contribution in [0.4, 0.5) is 5.69 Å². The van der Waals surface area contributed by atoms with Crippen LogP contribution < -0.4 is 10.2 Å². The zero-order valence-corrected chi connectivity index (χ0v) is 12.0. The normalized spacial score (nSPS) is 19.1. The Balaban J connectivity index is 1.78. The van der Waals surface area contributed by atoms with Gasteiger partial charge in [0.15, 0.2) is 0 Å². The van der Waals surface area contributed by atoms with Gasteiger partial charge in [-0.15, -0.1) is 0 Å². The summed E-state index contributed by atoms with van der Waals surface area (Å²) in [4.78, 5) is 2.49. The first-order valence-electron chi connectivity index (χ1n) is 7.49. The maximum atomic E-state index is 3.62. The Morgan fingerprint density at radius 2 is 1.95 bits per heavy atom. The van der Waals surface area contributed by atoms with Gasteiger partial charge in [-0.05, 0) is 29.7 Å². The molecule has 1 fully saturated rings. The number of anilines is 1. The van der Waals surface area contributed by atoms with E-state index < -0.39 is 0 Å². The predicted molar refractivity (Wildman–Crippen MR) is 85.2 cm³/mol. The standard InChI is InChI=1S/C18H22N2/c1-2-15-7-6-10-17(13-15)20-12-11-19-18(14-20)16-8-4-3-5-9-16/h3-10,13,18-19H,2,11-12,14H2,1H3. The van der Waals surface area contributed by atoms with Gasteiger partial charge in [-0.2, -0.15) is 0 Å². The van der Waals surface area contributed by atoms with Gasteiger partial charge in [0.2, 0.25) is 0 Å². The predicted octanol–water partition coefficient (Wildman–Crippen LogP) is 3.40. The zero-order chi connectivity index (χ0) is 13.8. The summed E-state index contributed by atoms with van der Waals surface area (Å²) in [6.45, 7) is 5.37. The van der Waals surface area contributed by atoms with Crippen molar-refractivity contribution in [3.63, 3.8) is 0 Å². The van der Waals surface area contributed by atoms with Gasteiger partial charge >= 0.3 is 0 Å². The maximum Gasteiger partial charge on any atom is 0.0498 e. The highest BCUT2D eigenvalue weighted by molar-refractivity contribution is 5.49. The smallest absolute Gasteiger partial charge is 0.0498 e. The lowest BCUT2D eigenvalue weighted by Gasteiger charge is -2.35. The van der Waals surface area contributed by atoms with Gasteiger partial charge in [0.05, 0.1) is 0 Å². The van der Waals surface area contributed by atoms with Crippen LogP contribution >= 0.6 is 0 Å². The Kier molecular flexibility index (Phi) is 4.03. The summed E-state index contributed by atoms with van der Waals surface area (Å²) in [5.74, 6) is 0. The molecule has 3 rings (SSSR count). The van der Waals surface area contributed by atoms with Gasteiger partial charge in [0.1, 0.15) is 0 Å². The van der Waals surface area contributed by atoms with E-state index >= 15 is 0 Å². The third kappa shape index (κ3) is 2.86. The van der Waals surface area contributed by atoms with Crippen LogP contribution in [0.5, 0.6) is 0 Å². The van der Waals surface area contributed by atoms with Gasteiger partial charge in [0, 0.05) is 31.4 Å². The van der Waals surface area contributed by atoms with Crippen molar-refractivity contribution in [1.82, 2.24) is 5.32 Å². The summed E-state index contributed by atoms with van der Waals surface area (Å²) in [5, 5.41) is 3.62. The van der Waals surface area contributed by atoms with Crippen LogP contribution in [0, 0.1) is 0 Å². The average molecular weight is 266 g/mol. The molecule has 0 radical (unpaired) electrons. The molecule has 0 bridgehead atoms. The highest BCUT2D eigenvalue weighted by Gasteiger charge is 2.20. The summed E-state index contributed by atoms with van der Waals surface area (Å²) in [6.07, 6.45) is 1.10. The van der Waals surface area contributed by atoms with E-state index in [1.807, 2.05) is 0 Å². The van der Waals surface area contributed by atoms with E-state index in [9.17, 15) is 0 Å². The first kappa shape index (κ1) is 13.2. The van der Waals surface area contributed by atoms with Crippen molar-refractivity contribution in [3.8, 4) is 0 Å². The summed E-state index contributed by atoms with van der Waals surface area (Å²) in [5.41, 5.74) is 4.15. The highest BCUT2D eigenvalue weighted by Crippen LogP contribution is 2.23. The van der Waals surface area contributed by atoms with Crippen molar-refractivity contribution in [2.75, 3.05) is 24.5 Å². The van der Waals surface area contributed by atoms with Gasteiger partial charge in [-0.1, -0.05) is 49.4 Å². The van der Waals surface area contributed by atoms with E-state index in [-0.39, 0.29) is 0 Å². The third-order valence-electron chi connectivity index (χ3n) is 4.06. The molecule has 2 nitrogen and oxygen atoms in total. The van der Waals surface area contributed by atoms with Crippen LogP contribution in [0.2, 0.25) is 0 Å². The largest absolute Gasteiger partial charge is 0.368 e. The first-order chi connectivity index (χ1) is 9.86. The minimum absolute atomic E-state index is 0.426. The van der Waals surface area contributed by atoms with E-state index in [4.69, 9.17) is 0 Å². The van der Waals surface area contributed by atoms with Crippen LogP contribution in [0.25, 0.3) is 0 Å². The molecule has 1 unspecified atom stereocenters. The molecule has 0 aliphatic carbocycles. The fourth-order valence-electron chi connectivity index (χ4n) is 2.87. The minimum Gasteiger partial charge on any atom is -0.368 e. The first-order valence-corrected chi connectivity index (χ1v) is 7.49. The van der Waals surface area contributed by atoms with Crippen molar-refractivity contribution < 1.29 is 0 Å². The quantitative estimate of drug-likeness (QED) is 0.916. The summed E-state index contributed by atoms with van der Waals surface area (Å²) in [7, 11) is 0. The molecule has 0 amide bonds. The number of nitrogens with one attached hydrogen (secondary N) is 1. The van der Waals surface area contributed by atoms with Crippen LogP contribution in [-0.4, -0.2) is 19.6 Å². The second-order valence-electron chi connectivity index (χ2n) is 5.39. The summed E-state index contributed by atoms with van der Waals surface area (Å²) in [6, 6.07) is 20.1. The molecular weight excluding hydrogens is 244 g/mol. The van der Waals surface area contributed by atoms with Gasteiger partial charge in [-0.25, -0.2) is 0 Å². The molecule has 0 spiro atoms. The molecule has 2 aromatic rings. The molecule has 0 saturated carbocycles. The van der Waals surface area contributed by atoms with Gasteiger partial charge < -0.3 is 10.2 Å². The van der Waals surface area contributed by atoms with E-state index in [1.165, 1.54) is 16.8 Å². The lowest BCUT2D eigenvalue weighted by atomic mass is 10.0. The van der Waals surface area contributed by atoms with Gasteiger partial charge in [0.25, 0.3) is 0 Å². The van der Waals surface area contributed by atoms with Crippen LogP contribution in [0.3, 0.4) is 0 Å². The number of hydrogen-bond donors (Lipinski definition) is 1. The van der Waals surface area contributed by atoms with E-state index in [0.29, 0.717) is 6.04 Å². The number of nitrogens with zero attached hydrogens (tertiary/aromatic N) is 1. The molecule has 1 N–H and O–H groups in total. The Bertz CT molecular complexity index is 550. The zero-order valence-electron chi connectivity index (χ0n) is 12.0. The van der Waals surface area contributed by atoms with Crippen molar-refractivity contribution in [3.05, 3.63) is 65.7 Å². The fraction of sp³-hybridized carbons (Fsp3) is 0.333. The second kappa shape index (κ2) is 6.10. The van der Waals surface area contributed by atoms with Crippen molar-refractivity contribution in [2.24, 2.45) is 0 Å². The molecule has 20 heavy (non-hydrogen) atoms. The summed E-state index contributed by atoms with van der Waals surface area (Å²) < 4.78 is 0. The van der Waals surface area contributed by atoms with Crippen molar-refractivity contribution in [2.45, 2.75) is 19.4 Å². The van der Waals surface area contributed by atoms with Crippen LogP contribution in [0.1, 0.15) is 24.1 Å². The van der Waals surface area contributed by atoms with Crippen LogP contribution in [-0.2, 0) is 6.42 Å². The Hall–Kier alpha value is -1.80. The topological polar surface area (TPSA) is 15.3 Å². The molecule has 0 aromatic heterocycles. The average Bonchev–Trinajstić information content (AvgIpc) is 2.56. The molecule has 1 aliphatic rings. The molecule has 104 valence electrons. The van der Waals surface area contributed by atoms with Crippen LogP contribution in [0.15, 0.2) is 54.6 Å². The van der Waals surface area contributed by atoms with E-state index in [2.05, 4.69) is 71.7 Å². The molecular formula is C18H22N2. The lowest BCUT2D eigenvalue weighted by molar-refractivity contribution is 0.472. The number of rotatable bonds is 3.